The van der Waals surface area contributed by atoms with Crippen molar-refractivity contribution < 1.29 is 9.53 Å². The van der Waals surface area contributed by atoms with Crippen LogP contribution in [0.2, 0.25) is 0 Å². The van der Waals surface area contributed by atoms with Gasteiger partial charge in [0.2, 0.25) is 0 Å². The molecule has 0 aliphatic heterocycles. The van der Waals surface area contributed by atoms with Gasteiger partial charge in [0.25, 0.3) is 0 Å². The molecule has 1 aliphatic rings. The van der Waals surface area contributed by atoms with Gasteiger partial charge in [-0.15, -0.1) is 0 Å². The van der Waals surface area contributed by atoms with E-state index in [2.05, 4.69) is 45.1 Å². The predicted octanol–water partition coefficient (Wildman–Crippen LogP) is 6.47. The molecule has 0 N–H and O–H groups in total. The summed E-state index contributed by atoms with van der Waals surface area (Å²) in [5.41, 5.74) is 3.27. The van der Waals surface area contributed by atoms with E-state index in [9.17, 15) is 4.79 Å². The summed E-state index contributed by atoms with van der Waals surface area (Å²) in [6, 6.07) is 0. The first-order chi connectivity index (χ1) is 11.5. The molecule has 25 heavy (non-hydrogen) atoms. The molecule has 0 heterocycles. The smallest absolute Gasteiger partial charge is 0.331 e. The second kappa shape index (κ2) is 9.03. The molecule has 0 radical (unpaired) electrons. The number of carbonyl (C=O) groups excluding carboxylic acids is 1. The highest BCUT2D eigenvalue weighted by Crippen LogP contribution is 2.35. The Hall–Kier alpha value is -1.83. The van der Waals surface area contributed by atoms with Crippen LogP contribution in [0.5, 0.6) is 0 Å². The van der Waals surface area contributed by atoms with Crippen molar-refractivity contribution in [3.05, 3.63) is 59.3 Å². The monoisotopic (exact) mass is 342 g/mol. The minimum atomic E-state index is -0.457. The van der Waals surface area contributed by atoms with Crippen molar-refractivity contribution >= 4 is 5.97 Å². The number of allylic oxidation sites excluding steroid dienone is 9. The van der Waals surface area contributed by atoms with E-state index in [0.717, 1.165) is 5.57 Å². The Balaban J connectivity index is 2.65. The van der Waals surface area contributed by atoms with Crippen LogP contribution in [-0.2, 0) is 9.53 Å². The van der Waals surface area contributed by atoms with Crippen molar-refractivity contribution in [3.8, 4) is 0 Å². The molecule has 0 saturated heterocycles. The van der Waals surface area contributed by atoms with Gasteiger partial charge in [-0.25, -0.2) is 4.79 Å². The first-order valence-corrected chi connectivity index (χ1v) is 9.13. The van der Waals surface area contributed by atoms with Crippen LogP contribution in [-0.4, -0.2) is 11.6 Å². The zero-order chi connectivity index (χ0) is 19.1. The summed E-state index contributed by atoms with van der Waals surface area (Å²) in [7, 11) is 0. The standard InChI is InChI=1S/C23H34O2/c1-18(13-15-23(7)14-9-12-20(3)17-23)10-8-11-19(2)16-21(24)25-22(4,5)6/h8,10-11,13,15-17H,9,12,14H2,1-7H3/b11-8+,15-13+,18-10+,19-16+. The number of hydrogen-bond donors (Lipinski definition) is 0. The molecule has 2 nitrogen and oxygen atoms in total. The van der Waals surface area contributed by atoms with Crippen LogP contribution in [0.25, 0.3) is 0 Å². The Morgan fingerprint density at radius 1 is 1.20 bits per heavy atom. The van der Waals surface area contributed by atoms with E-state index in [4.69, 9.17) is 4.74 Å². The first kappa shape index (κ1) is 21.2. The fraction of sp³-hybridized carbons (Fsp3) is 0.522. The van der Waals surface area contributed by atoms with Gasteiger partial charge in [-0.1, -0.05) is 54.5 Å². The SMILES string of the molecule is CC1=CC(C)(/C=C/C(C)=C/C=C/C(C)=C/C(=O)OC(C)(C)C)CCC1. The molecular formula is C23H34O2. The Morgan fingerprint density at radius 2 is 1.88 bits per heavy atom. The highest BCUT2D eigenvalue weighted by molar-refractivity contribution is 5.83. The molecule has 1 rings (SSSR count). The lowest BCUT2D eigenvalue weighted by Crippen LogP contribution is -2.22. The normalized spacial score (nSPS) is 23.2. The van der Waals surface area contributed by atoms with Gasteiger partial charge in [-0.2, -0.15) is 0 Å². The van der Waals surface area contributed by atoms with Crippen molar-refractivity contribution in [2.45, 2.75) is 73.3 Å². The van der Waals surface area contributed by atoms with E-state index in [0.29, 0.717) is 0 Å². The maximum atomic E-state index is 11.7. The maximum Gasteiger partial charge on any atom is 0.331 e. The van der Waals surface area contributed by atoms with Crippen LogP contribution in [0, 0.1) is 5.41 Å². The molecule has 1 atom stereocenters. The van der Waals surface area contributed by atoms with Crippen LogP contribution in [0.3, 0.4) is 0 Å². The number of rotatable bonds is 5. The minimum Gasteiger partial charge on any atom is -0.457 e. The second-order valence-corrected chi connectivity index (χ2v) is 8.38. The van der Waals surface area contributed by atoms with Gasteiger partial charge < -0.3 is 4.74 Å². The summed E-state index contributed by atoms with van der Waals surface area (Å²) in [6.45, 7) is 14.1. The Morgan fingerprint density at radius 3 is 2.48 bits per heavy atom. The fourth-order valence-electron chi connectivity index (χ4n) is 2.88. The Kier molecular flexibility index (Phi) is 7.66. The predicted molar refractivity (Wildman–Crippen MR) is 107 cm³/mol. The number of esters is 1. The molecule has 2 heteroatoms. The van der Waals surface area contributed by atoms with Gasteiger partial charge in [-0.3, -0.25) is 0 Å². The Labute approximate surface area is 154 Å². The summed E-state index contributed by atoms with van der Waals surface area (Å²) in [5.74, 6) is -0.303. The lowest BCUT2D eigenvalue weighted by molar-refractivity contribution is -0.148. The van der Waals surface area contributed by atoms with Gasteiger partial charge in [0.05, 0.1) is 0 Å². The summed E-state index contributed by atoms with van der Waals surface area (Å²) >= 11 is 0. The number of ether oxygens (including phenoxy) is 1. The van der Waals surface area contributed by atoms with Gasteiger partial charge >= 0.3 is 5.97 Å². The molecule has 0 aromatic carbocycles. The summed E-state index contributed by atoms with van der Waals surface area (Å²) < 4.78 is 5.28. The third-order valence-electron chi connectivity index (χ3n) is 4.06. The third-order valence-corrected chi connectivity index (χ3v) is 4.06. The summed E-state index contributed by atoms with van der Waals surface area (Å²) in [6.07, 6.45) is 18.1. The van der Waals surface area contributed by atoms with E-state index in [1.54, 1.807) is 0 Å². The van der Waals surface area contributed by atoms with E-state index in [1.165, 1.54) is 36.5 Å². The van der Waals surface area contributed by atoms with Crippen LogP contribution in [0.4, 0.5) is 0 Å². The highest BCUT2D eigenvalue weighted by atomic mass is 16.6. The Bertz CT molecular complexity index is 621. The molecule has 0 saturated carbocycles. The molecule has 138 valence electrons. The highest BCUT2D eigenvalue weighted by Gasteiger charge is 2.21. The molecule has 0 amide bonds. The van der Waals surface area contributed by atoms with Crippen LogP contribution in [0.15, 0.2) is 59.3 Å². The van der Waals surface area contributed by atoms with Crippen molar-refractivity contribution in [3.63, 3.8) is 0 Å². The molecule has 0 aromatic heterocycles. The van der Waals surface area contributed by atoms with Gasteiger partial charge in [0, 0.05) is 11.5 Å². The summed E-state index contributed by atoms with van der Waals surface area (Å²) in [4.78, 5) is 11.7. The minimum absolute atomic E-state index is 0.174. The average molecular weight is 343 g/mol. The molecule has 0 bridgehead atoms. The topological polar surface area (TPSA) is 26.3 Å². The number of carbonyl (C=O) groups is 1. The van der Waals surface area contributed by atoms with Crippen LogP contribution < -0.4 is 0 Å². The van der Waals surface area contributed by atoms with Gasteiger partial charge in [0.15, 0.2) is 0 Å². The van der Waals surface area contributed by atoms with Crippen molar-refractivity contribution in [1.29, 1.82) is 0 Å². The lowest BCUT2D eigenvalue weighted by Gasteiger charge is -2.27. The molecule has 0 spiro atoms. The van der Waals surface area contributed by atoms with E-state index in [1.807, 2.05) is 39.8 Å². The quantitative estimate of drug-likeness (QED) is 0.248. The van der Waals surface area contributed by atoms with Crippen LogP contribution >= 0.6 is 0 Å². The summed E-state index contributed by atoms with van der Waals surface area (Å²) in [5, 5.41) is 0. The van der Waals surface area contributed by atoms with E-state index < -0.39 is 5.60 Å². The third kappa shape index (κ3) is 9.28. The molecule has 0 fully saturated rings. The van der Waals surface area contributed by atoms with Crippen molar-refractivity contribution in [1.82, 2.24) is 0 Å². The van der Waals surface area contributed by atoms with E-state index in [-0.39, 0.29) is 11.4 Å². The van der Waals surface area contributed by atoms with Gasteiger partial charge in [-0.05, 0) is 66.4 Å². The lowest BCUT2D eigenvalue weighted by atomic mass is 9.78. The van der Waals surface area contributed by atoms with Gasteiger partial charge in [0.1, 0.15) is 5.60 Å². The molecular weight excluding hydrogens is 308 g/mol. The van der Waals surface area contributed by atoms with Crippen molar-refractivity contribution in [2.24, 2.45) is 5.41 Å². The number of hydrogen-bond acceptors (Lipinski definition) is 2. The van der Waals surface area contributed by atoms with Crippen LogP contribution in [0.1, 0.15) is 67.7 Å². The van der Waals surface area contributed by atoms with E-state index >= 15 is 0 Å². The first-order valence-electron chi connectivity index (χ1n) is 9.13. The molecule has 1 aliphatic carbocycles. The second-order valence-electron chi connectivity index (χ2n) is 8.38. The van der Waals surface area contributed by atoms with Crippen molar-refractivity contribution in [2.75, 3.05) is 0 Å². The average Bonchev–Trinajstić information content (AvgIpc) is 2.42. The molecule has 1 unspecified atom stereocenters. The zero-order valence-electron chi connectivity index (χ0n) is 17.0. The maximum absolute atomic E-state index is 11.7. The zero-order valence-corrected chi connectivity index (χ0v) is 17.0. The fourth-order valence-corrected chi connectivity index (χ4v) is 2.88. The largest absolute Gasteiger partial charge is 0.457 e. The molecule has 0 aromatic rings.